The van der Waals surface area contributed by atoms with Gasteiger partial charge in [0.15, 0.2) is 0 Å². The first kappa shape index (κ1) is 14.7. The molecule has 0 spiro atoms. The van der Waals surface area contributed by atoms with Gasteiger partial charge in [0.2, 0.25) is 0 Å². The molecule has 1 heterocycles. The Morgan fingerprint density at radius 2 is 2.00 bits per heavy atom. The van der Waals surface area contributed by atoms with Crippen LogP contribution in [0.3, 0.4) is 0 Å². The Bertz CT molecular complexity index is 243. The fourth-order valence-corrected chi connectivity index (χ4v) is 1.95. The number of hydrogen-bond acceptors (Lipinski definition) is 3. The van der Waals surface area contributed by atoms with Crippen molar-refractivity contribution in [1.29, 1.82) is 0 Å². The number of methoxy groups -OCH3 is 1. The van der Waals surface area contributed by atoms with E-state index in [1.54, 1.807) is 7.11 Å². The molecule has 0 aromatic heterocycles. The van der Waals surface area contributed by atoms with Gasteiger partial charge in [0.05, 0.1) is 11.5 Å². The minimum Gasteiger partial charge on any atom is -0.377 e. The van der Waals surface area contributed by atoms with Crippen LogP contribution >= 0.6 is 0 Å². The van der Waals surface area contributed by atoms with Gasteiger partial charge in [-0.15, -0.1) is 0 Å². The van der Waals surface area contributed by atoms with Crippen molar-refractivity contribution in [1.82, 2.24) is 10.2 Å². The molecule has 0 aromatic rings. The second-order valence-electron chi connectivity index (χ2n) is 5.14. The Labute approximate surface area is 100 Å². The Hall–Kier alpha value is -0.330. The van der Waals surface area contributed by atoms with Crippen LogP contribution in [0.15, 0.2) is 0 Å². The van der Waals surface area contributed by atoms with Crippen molar-refractivity contribution < 1.29 is 17.9 Å². The standard InChI is InChI=1S/C11H21F3N2O/c1-10(2,17-3)8-16-5-4-15-6-9(7-16)11(12,13)14/h9,15H,4-8H2,1-3H3. The van der Waals surface area contributed by atoms with Gasteiger partial charge in [-0.1, -0.05) is 0 Å². The monoisotopic (exact) mass is 254 g/mol. The second kappa shape index (κ2) is 5.54. The zero-order valence-electron chi connectivity index (χ0n) is 10.6. The summed E-state index contributed by atoms with van der Waals surface area (Å²) >= 11 is 0. The van der Waals surface area contributed by atoms with Crippen LogP contribution < -0.4 is 5.32 Å². The molecular formula is C11H21F3N2O. The third-order valence-electron chi connectivity index (χ3n) is 3.09. The molecule has 6 heteroatoms. The molecule has 0 bridgehead atoms. The largest absolute Gasteiger partial charge is 0.394 e. The van der Waals surface area contributed by atoms with E-state index in [0.29, 0.717) is 19.6 Å². The molecule has 17 heavy (non-hydrogen) atoms. The van der Waals surface area contributed by atoms with Gasteiger partial charge in [0.1, 0.15) is 0 Å². The van der Waals surface area contributed by atoms with Crippen molar-refractivity contribution in [3.05, 3.63) is 0 Å². The molecular weight excluding hydrogens is 233 g/mol. The van der Waals surface area contributed by atoms with Crippen molar-refractivity contribution in [2.75, 3.05) is 39.8 Å². The third kappa shape index (κ3) is 4.81. The number of hydrogen-bond donors (Lipinski definition) is 1. The highest BCUT2D eigenvalue weighted by Gasteiger charge is 2.41. The summed E-state index contributed by atoms with van der Waals surface area (Å²) in [6, 6.07) is 0. The van der Waals surface area contributed by atoms with Gasteiger partial charge in [0.25, 0.3) is 0 Å². The maximum absolute atomic E-state index is 12.7. The van der Waals surface area contributed by atoms with E-state index in [-0.39, 0.29) is 13.1 Å². The number of halogens is 3. The highest BCUT2D eigenvalue weighted by Crippen LogP contribution is 2.27. The molecule has 1 unspecified atom stereocenters. The molecule has 1 N–H and O–H groups in total. The van der Waals surface area contributed by atoms with Crippen molar-refractivity contribution >= 4 is 0 Å². The van der Waals surface area contributed by atoms with Crippen LogP contribution in [0, 0.1) is 5.92 Å². The summed E-state index contributed by atoms with van der Waals surface area (Å²) in [6.45, 7) is 5.54. The van der Waals surface area contributed by atoms with Crippen LogP contribution in [0.5, 0.6) is 0 Å². The average Bonchev–Trinajstić information content (AvgIpc) is 2.42. The topological polar surface area (TPSA) is 24.5 Å². The van der Waals surface area contributed by atoms with Gasteiger partial charge in [0, 0.05) is 39.8 Å². The van der Waals surface area contributed by atoms with Gasteiger partial charge < -0.3 is 10.1 Å². The highest BCUT2D eigenvalue weighted by atomic mass is 19.4. The van der Waals surface area contributed by atoms with Crippen LogP contribution in [0.4, 0.5) is 13.2 Å². The van der Waals surface area contributed by atoms with Gasteiger partial charge >= 0.3 is 6.18 Å². The maximum atomic E-state index is 12.7. The van der Waals surface area contributed by atoms with E-state index in [1.807, 2.05) is 18.7 Å². The summed E-state index contributed by atoms with van der Waals surface area (Å²) in [4.78, 5) is 1.82. The number of nitrogens with one attached hydrogen (secondary N) is 1. The molecule has 0 amide bonds. The number of rotatable bonds is 3. The molecule has 0 aromatic carbocycles. The maximum Gasteiger partial charge on any atom is 0.394 e. The third-order valence-corrected chi connectivity index (χ3v) is 3.09. The van der Waals surface area contributed by atoms with Gasteiger partial charge in [-0.3, -0.25) is 4.90 Å². The van der Waals surface area contributed by atoms with Crippen molar-refractivity contribution in [2.45, 2.75) is 25.6 Å². The lowest BCUT2D eigenvalue weighted by molar-refractivity contribution is -0.177. The molecule has 1 atom stereocenters. The van der Waals surface area contributed by atoms with Crippen molar-refractivity contribution in [2.24, 2.45) is 5.92 Å². The van der Waals surface area contributed by atoms with E-state index >= 15 is 0 Å². The van der Waals surface area contributed by atoms with Crippen molar-refractivity contribution in [3.63, 3.8) is 0 Å². The SMILES string of the molecule is COC(C)(C)CN1CCNCC(C(F)(F)F)C1. The van der Waals surface area contributed by atoms with Gasteiger partial charge in [-0.2, -0.15) is 13.2 Å². The minimum atomic E-state index is -4.13. The quantitative estimate of drug-likeness (QED) is 0.826. The Morgan fingerprint density at radius 1 is 1.35 bits per heavy atom. The predicted octanol–water partition coefficient (Wildman–Crippen LogP) is 1.50. The molecule has 0 saturated carbocycles. The summed E-state index contributed by atoms with van der Waals surface area (Å²) < 4.78 is 43.4. The highest BCUT2D eigenvalue weighted by molar-refractivity contribution is 4.82. The molecule has 3 nitrogen and oxygen atoms in total. The van der Waals surface area contributed by atoms with Gasteiger partial charge in [-0.05, 0) is 13.8 Å². The molecule has 1 saturated heterocycles. The summed E-state index contributed by atoms with van der Waals surface area (Å²) in [6.07, 6.45) is -4.13. The second-order valence-corrected chi connectivity index (χ2v) is 5.14. The van der Waals surface area contributed by atoms with Crippen LogP contribution in [0.1, 0.15) is 13.8 Å². The normalized spacial score (nSPS) is 24.7. The van der Waals surface area contributed by atoms with Crippen LogP contribution in [-0.2, 0) is 4.74 Å². The molecule has 1 rings (SSSR count). The summed E-state index contributed by atoms with van der Waals surface area (Å²) in [5.74, 6) is -1.29. The fourth-order valence-electron chi connectivity index (χ4n) is 1.95. The first-order valence-electron chi connectivity index (χ1n) is 5.79. The van der Waals surface area contributed by atoms with E-state index in [4.69, 9.17) is 4.74 Å². The Kier molecular flexibility index (Phi) is 4.80. The zero-order chi connectivity index (χ0) is 13.1. The number of ether oxygens (including phenoxy) is 1. The smallest absolute Gasteiger partial charge is 0.377 e. The first-order valence-corrected chi connectivity index (χ1v) is 5.79. The van der Waals surface area contributed by atoms with E-state index in [1.165, 1.54) is 0 Å². The molecule has 1 fully saturated rings. The predicted molar refractivity (Wildman–Crippen MR) is 59.9 cm³/mol. The molecule has 102 valence electrons. The number of nitrogens with zero attached hydrogens (tertiary/aromatic N) is 1. The molecule has 0 aliphatic carbocycles. The lowest BCUT2D eigenvalue weighted by atomic mass is 10.1. The van der Waals surface area contributed by atoms with E-state index in [2.05, 4.69) is 5.32 Å². The fraction of sp³-hybridized carbons (Fsp3) is 1.00. The summed E-state index contributed by atoms with van der Waals surface area (Å²) in [7, 11) is 1.58. The average molecular weight is 254 g/mol. The molecule has 1 aliphatic rings. The number of alkyl halides is 3. The van der Waals surface area contributed by atoms with E-state index in [9.17, 15) is 13.2 Å². The summed E-state index contributed by atoms with van der Waals surface area (Å²) in [5.41, 5.74) is -0.416. The lowest BCUT2D eigenvalue weighted by Crippen LogP contribution is -2.44. The molecule has 0 radical (unpaired) electrons. The zero-order valence-corrected chi connectivity index (χ0v) is 10.6. The van der Waals surface area contributed by atoms with Crippen LogP contribution in [0.2, 0.25) is 0 Å². The molecule has 1 aliphatic heterocycles. The van der Waals surface area contributed by atoms with E-state index in [0.717, 1.165) is 0 Å². The van der Waals surface area contributed by atoms with Crippen LogP contribution in [-0.4, -0.2) is 56.5 Å². The van der Waals surface area contributed by atoms with Crippen LogP contribution in [0.25, 0.3) is 0 Å². The minimum absolute atomic E-state index is 0.00735. The lowest BCUT2D eigenvalue weighted by Gasteiger charge is -2.32. The summed E-state index contributed by atoms with van der Waals surface area (Å²) in [5, 5.41) is 2.84. The Balaban J connectivity index is 2.61. The van der Waals surface area contributed by atoms with E-state index < -0.39 is 17.7 Å². The first-order chi connectivity index (χ1) is 7.74. The van der Waals surface area contributed by atoms with Crippen molar-refractivity contribution in [3.8, 4) is 0 Å². The Morgan fingerprint density at radius 3 is 2.53 bits per heavy atom. The van der Waals surface area contributed by atoms with Gasteiger partial charge in [-0.25, -0.2) is 0 Å².